The highest BCUT2D eigenvalue weighted by Gasteiger charge is 2.35. The van der Waals surface area contributed by atoms with Crippen molar-refractivity contribution < 1.29 is 9.90 Å². The number of aliphatic carboxylic acids is 1. The van der Waals surface area contributed by atoms with E-state index in [1.165, 1.54) is 38.5 Å². The fourth-order valence-corrected chi connectivity index (χ4v) is 3.08. The van der Waals surface area contributed by atoms with Crippen LogP contribution in [0.5, 0.6) is 0 Å². The third-order valence-electron chi connectivity index (χ3n) is 3.87. The first kappa shape index (κ1) is 10.9. The van der Waals surface area contributed by atoms with Crippen molar-refractivity contribution >= 4 is 5.97 Å². The predicted octanol–water partition coefficient (Wildman–Crippen LogP) is 2.26. The van der Waals surface area contributed by atoms with Crippen LogP contribution in [0.1, 0.15) is 51.4 Å². The second-order valence-corrected chi connectivity index (χ2v) is 4.88. The van der Waals surface area contributed by atoms with Gasteiger partial charge in [-0.25, -0.2) is 0 Å². The summed E-state index contributed by atoms with van der Waals surface area (Å²) in [6.07, 6.45) is 9.58. The molecule has 0 aromatic rings. The molecule has 0 aromatic carbocycles. The lowest BCUT2D eigenvalue weighted by Crippen LogP contribution is -2.43. The van der Waals surface area contributed by atoms with Crippen LogP contribution in [-0.4, -0.2) is 34.6 Å². The van der Waals surface area contributed by atoms with Gasteiger partial charge in [-0.1, -0.05) is 25.7 Å². The highest BCUT2D eigenvalue weighted by Crippen LogP contribution is 2.28. The Bertz CT molecular complexity index is 222. The van der Waals surface area contributed by atoms with Gasteiger partial charge < -0.3 is 5.11 Å². The summed E-state index contributed by atoms with van der Waals surface area (Å²) in [5, 5.41) is 9.14. The first-order valence-corrected chi connectivity index (χ1v) is 6.27. The number of carbonyl (C=O) groups is 1. The lowest BCUT2D eigenvalue weighted by molar-refractivity contribution is -0.143. The summed E-state index contributed by atoms with van der Waals surface area (Å²) >= 11 is 0. The van der Waals surface area contributed by atoms with Crippen molar-refractivity contribution in [3.63, 3.8) is 0 Å². The largest absolute Gasteiger partial charge is 0.480 e. The molecule has 1 aliphatic carbocycles. The molecule has 0 spiro atoms. The molecular weight excluding hydrogens is 190 g/mol. The molecule has 2 aliphatic rings. The van der Waals surface area contributed by atoms with Gasteiger partial charge in [0.2, 0.25) is 0 Å². The molecule has 1 atom stereocenters. The van der Waals surface area contributed by atoms with Crippen molar-refractivity contribution in [1.29, 1.82) is 0 Å². The molecule has 2 fully saturated rings. The number of carboxylic acids is 1. The standard InChI is InChI=1S/C12H21NO2/c14-12(15)11-8-5-9-13(11)10-6-3-1-2-4-7-10/h10-11H,1-9H2,(H,14,15). The molecule has 1 heterocycles. The van der Waals surface area contributed by atoms with Gasteiger partial charge in [-0.15, -0.1) is 0 Å². The number of rotatable bonds is 2. The van der Waals surface area contributed by atoms with E-state index in [1.807, 2.05) is 0 Å². The fraction of sp³-hybridized carbons (Fsp3) is 0.917. The molecule has 1 saturated heterocycles. The van der Waals surface area contributed by atoms with Crippen LogP contribution >= 0.6 is 0 Å². The Morgan fingerprint density at radius 3 is 2.27 bits per heavy atom. The molecule has 86 valence electrons. The van der Waals surface area contributed by atoms with Gasteiger partial charge in [0.1, 0.15) is 6.04 Å². The van der Waals surface area contributed by atoms with E-state index in [1.54, 1.807) is 0 Å². The second kappa shape index (κ2) is 4.97. The summed E-state index contributed by atoms with van der Waals surface area (Å²) in [6.45, 7) is 1.00. The van der Waals surface area contributed by atoms with E-state index in [9.17, 15) is 4.79 Å². The van der Waals surface area contributed by atoms with Crippen molar-refractivity contribution in [2.24, 2.45) is 0 Å². The molecule has 1 N–H and O–H groups in total. The molecule has 2 rings (SSSR count). The van der Waals surface area contributed by atoms with Gasteiger partial charge in [0.05, 0.1) is 0 Å². The number of nitrogens with zero attached hydrogens (tertiary/aromatic N) is 1. The molecule has 0 amide bonds. The quantitative estimate of drug-likeness (QED) is 0.712. The Hall–Kier alpha value is -0.570. The first-order chi connectivity index (χ1) is 7.29. The van der Waals surface area contributed by atoms with Crippen LogP contribution in [0.3, 0.4) is 0 Å². The zero-order valence-electron chi connectivity index (χ0n) is 9.32. The van der Waals surface area contributed by atoms with Crippen LogP contribution in [-0.2, 0) is 4.79 Å². The lowest BCUT2D eigenvalue weighted by Gasteiger charge is -2.30. The summed E-state index contributed by atoms with van der Waals surface area (Å²) in [5.74, 6) is -0.614. The summed E-state index contributed by atoms with van der Waals surface area (Å²) in [6, 6.07) is 0.365. The molecule has 1 unspecified atom stereocenters. The van der Waals surface area contributed by atoms with Gasteiger partial charge in [-0.3, -0.25) is 9.69 Å². The van der Waals surface area contributed by atoms with E-state index in [0.717, 1.165) is 19.4 Å². The van der Waals surface area contributed by atoms with Gasteiger partial charge in [0, 0.05) is 6.04 Å². The van der Waals surface area contributed by atoms with Crippen molar-refractivity contribution in [3.8, 4) is 0 Å². The SMILES string of the molecule is O=C(O)C1CCCN1C1CCCCCC1. The monoisotopic (exact) mass is 211 g/mol. The average Bonchev–Trinajstić information content (AvgIpc) is 2.55. The van der Waals surface area contributed by atoms with Crippen LogP contribution in [0.4, 0.5) is 0 Å². The molecule has 0 radical (unpaired) electrons. The Morgan fingerprint density at radius 2 is 1.67 bits per heavy atom. The zero-order chi connectivity index (χ0) is 10.7. The normalized spacial score (nSPS) is 30.3. The molecule has 3 heteroatoms. The van der Waals surface area contributed by atoms with Crippen molar-refractivity contribution in [2.45, 2.75) is 63.5 Å². The molecule has 0 bridgehead atoms. The van der Waals surface area contributed by atoms with E-state index in [0.29, 0.717) is 6.04 Å². The van der Waals surface area contributed by atoms with Gasteiger partial charge in [-0.05, 0) is 32.2 Å². The summed E-state index contributed by atoms with van der Waals surface area (Å²) in [4.78, 5) is 13.4. The maximum Gasteiger partial charge on any atom is 0.320 e. The molecular formula is C12H21NO2. The van der Waals surface area contributed by atoms with E-state index < -0.39 is 5.97 Å². The highest BCUT2D eigenvalue weighted by atomic mass is 16.4. The van der Waals surface area contributed by atoms with E-state index in [2.05, 4.69) is 4.90 Å². The Balaban J connectivity index is 1.97. The van der Waals surface area contributed by atoms with Crippen molar-refractivity contribution in [2.75, 3.05) is 6.54 Å². The highest BCUT2D eigenvalue weighted by molar-refractivity contribution is 5.73. The Morgan fingerprint density at radius 1 is 1.00 bits per heavy atom. The van der Waals surface area contributed by atoms with E-state index in [4.69, 9.17) is 5.11 Å². The van der Waals surface area contributed by atoms with Gasteiger partial charge >= 0.3 is 5.97 Å². The summed E-state index contributed by atoms with van der Waals surface area (Å²) in [7, 11) is 0. The van der Waals surface area contributed by atoms with Gasteiger partial charge in [0.15, 0.2) is 0 Å². The van der Waals surface area contributed by atoms with Crippen LogP contribution in [0.2, 0.25) is 0 Å². The first-order valence-electron chi connectivity index (χ1n) is 6.27. The van der Waals surface area contributed by atoms with Gasteiger partial charge in [-0.2, -0.15) is 0 Å². The lowest BCUT2D eigenvalue weighted by atomic mass is 10.1. The van der Waals surface area contributed by atoms with Gasteiger partial charge in [0.25, 0.3) is 0 Å². The molecule has 3 nitrogen and oxygen atoms in total. The summed E-state index contributed by atoms with van der Waals surface area (Å²) < 4.78 is 0. The minimum absolute atomic E-state index is 0.187. The molecule has 15 heavy (non-hydrogen) atoms. The number of hydrogen-bond donors (Lipinski definition) is 1. The topological polar surface area (TPSA) is 40.5 Å². The van der Waals surface area contributed by atoms with Crippen molar-refractivity contribution in [3.05, 3.63) is 0 Å². The third kappa shape index (κ3) is 2.51. The van der Waals surface area contributed by atoms with Crippen LogP contribution in [0, 0.1) is 0 Å². The third-order valence-corrected chi connectivity index (χ3v) is 3.87. The Labute approximate surface area is 91.5 Å². The maximum absolute atomic E-state index is 11.1. The smallest absolute Gasteiger partial charge is 0.320 e. The number of hydrogen-bond acceptors (Lipinski definition) is 2. The zero-order valence-corrected chi connectivity index (χ0v) is 9.32. The summed E-state index contributed by atoms with van der Waals surface area (Å²) in [5.41, 5.74) is 0. The number of likely N-dealkylation sites (tertiary alicyclic amines) is 1. The Kier molecular flexibility index (Phi) is 3.62. The molecule has 1 saturated carbocycles. The molecule has 0 aromatic heterocycles. The fourth-order valence-electron chi connectivity index (χ4n) is 3.08. The molecule has 1 aliphatic heterocycles. The van der Waals surface area contributed by atoms with Crippen LogP contribution in [0.15, 0.2) is 0 Å². The second-order valence-electron chi connectivity index (χ2n) is 4.88. The van der Waals surface area contributed by atoms with E-state index >= 15 is 0 Å². The average molecular weight is 211 g/mol. The number of carboxylic acid groups (broad SMARTS) is 1. The maximum atomic E-state index is 11.1. The predicted molar refractivity (Wildman–Crippen MR) is 58.9 cm³/mol. The van der Waals surface area contributed by atoms with Crippen LogP contribution in [0.25, 0.3) is 0 Å². The minimum atomic E-state index is -0.614. The van der Waals surface area contributed by atoms with Crippen LogP contribution < -0.4 is 0 Å². The minimum Gasteiger partial charge on any atom is -0.480 e. The van der Waals surface area contributed by atoms with Crippen molar-refractivity contribution in [1.82, 2.24) is 4.90 Å². The van der Waals surface area contributed by atoms with E-state index in [-0.39, 0.29) is 6.04 Å².